The van der Waals surface area contributed by atoms with Crippen LogP contribution in [0.3, 0.4) is 0 Å². The molecule has 0 spiro atoms. The lowest BCUT2D eigenvalue weighted by Gasteiger charge is -2.31. The third kappa shape index (κ3) is 4.50. The Balaban J connectivity index is 1.40. The van der Waals surface area contributed by atoms with Crippen molar-refractivity contribution in [1.82, 2.24) is 15.3 Å². The van der Waals surface area contributed by atoms with Gasteiger partial charge in [0.25, 0.3) is 0 Å². The summed E-state index contributed by atoms with van der Waals surface area (Å²) >= 11 is 1.22. The first-order valence-corrected chi connectivity index (χ1v) is 10.7. The number of rotatable bonds is 6. The fraction of sp³-hybridized carbons (Fsp3) is 0.450. The first kappa shape index (κ1) is 19.6. The highest BCUT2D eigenvalue weighted by Gasteiger charge is 2.36. The molecule has 0 unspecified atom stereocenters. The van der Waals surface area contributed by atoms with Crippen molar-refractivity contribution in [2.24, 2.45) is 0 Å². The highest BCUT2D eigenvalue weighted by molar-refractivity contribution is 7.99. The average molecular weight is 416 g/mol. The van der Waals surface area contributed by atoms with E-state index in [1.54, 1.807) is 0 Å². The average Bonchev–Trinajstić information content (AvgIpc) is 3.20. The number of ether oxygens (including phenoxy) is 2. The lowest BCUT2D eigenvalue weighted by molar-refractivity contribution is -0.118. The lowest BCUT2D eigenvalue weighted by atomic mass is 9.78. The summed E-state index contributed by atoms with van der Waals surface area (Å²) < 4.78 is 11.4. The number of nitrogens with two attached hydrogens (primary N) is 2. The minimum atomic E-state index is -0.0751. The van der Waals surface area contributed by atoms with E-state index in [4.69, 9.17) is 20.9 Å². The number of nitrogens with zero attached hydrogens (tertiary/aromatic N) is 2. The van der Waals surface area contributed by atoms with Crippen LogP contribution in [-0.4, -0.2) is 41.4 Å². The highest BCUT2D eigenvalue weighted by atomic mass is 32.2. The molecular weight excluding hydrogens is 390 g/mol. The van der Waals surface area contributed by atoms with Gasteiger partial charge in [-0.3, -0.25) is 4.79 Å². The number of nitrogen functional groups attached to an aromatic ring is 2. The predicted octanol–water partition coefficient (Wildman–Crippen LogP) is 2.13. The first-order valence-electron chi connectivity index (χ1n) is 9.74. The standard InChI is InChI=1S/C20H25N5O3S/c21-16-10-17(22)25-19(24-16)29-11-18(26)23-12-20(5-1-2-6-20)13-3-4-14-15(9-13)28-8-7-27-14/h3-4,9-10H,1-2,5-8,11-12H2,(H,23,26)(H4,21,22,24,25). The molecule has 1 aromatic carbocycles. The molecular formula is C20H25N5O3S. The SMILES string of the molecule is Nc1cc(N)nc(SCC(=O)NCC2(c3ccc4c(c3)OCCO4)CCCC2)n1. The molecule has 154 valence electrons. The number of anilines is 2. The molecule has 1 aromatic heterocycles. The van der Waals surface area contributed by atoms with Crippen LogP contribution in [0.5, 0.6) is 11.5 Å². The highest BCUT2D eigenvalue weighted by Crippen LogP contribution is 2.43. The molecule has 1 fully saturated rings. The van der Waals surface area contributed by atoms with Crippen LogP contribution in [-0.2, 0) is 10.2 Å². The van der Waals surface area contributed by atoms with Gasteiger partial charge in [0.05, 0.1) is 5.75 Å². The van der Waals surface area contributed by atoms with Crippen molar-refractivity contribution < 1.29 is 14.3 Å². The molecule has 9 heteroatoms. The molecule has 0 radical (unpaired) electrons. The quantitative estimate of drug-likeness (QED) is 0.484. The second kappa shape index (κ2) is 8.36. The summed E-state index contributed by atoms with van der Waals surface area (Å²) in [5.74, 6) is 2.31. The number of carbonyl (C=O) groups excluding carboxylic acids is 1. The summed E-state index contributed by atoms with van der Waals surface area (Å²) in [7, 11) is 0. The maximum Gasteiger partial charge on any atom is 0.230 e. The van der Waals surface area contributed by atoms with Gasteiger partial charge < -0.3 is 26.3 Å². The van der Waals surface area contributed by atoms with Crippen LogP contribution in [0.15, 0.2) is 29.4 Å². The van der Waals surface area contributed by atoms with E-state index in [-0.39, 0.29) is 17.1 Å². The van der Waals surface area contributed by atoms with Crippen molar-refractivity contribution in [3.63, 3.8) is 0 Å². The van der Waals surface area contributed by atoms with Crippen LogP contribution in [0, 0.1) is 0 Å². The molecule has 4 rings (SSSR count). The van der Waals surface area contributed by atoms with E-state index in [9.17, 15) is 4.79 Å². The molecule has 1 amide bonds. The number of nitrogens with one attached hydrogen (secondary N) is 1. The van der Waals surface area contributed by atoms with Crippen molar-refractivity contribution in [2.75, 3.05) is 37.0 Å². The van der Waals surface area contributed by atoms with Gasteiger partial charge in [-0.25, -0.2) is 9.97 Å². The van der Waals surface area contributed by atoms with Crippen LogP contribution < -0.4 is 26.3 Å². The van der Waals surface area contributed by atoms with E-state index < -0.39 is 0 Å². The zero-order valence-corrected chi connectivity index (χ0v) is 17.0. The largest absolute Gasteiger partial charge is 0.486 e. The van der Waals surface area contributed by atoms with E-state index in [1.165, 1.54) is 23.4 Å². The van der Waals surface area contributed by atoms with Crippen LogP contribution in [0.4, 0.5) is 11.6 Å². The van der Waals surface area contributed by atoms with E-state index in [1.807, 2.05) is 6.07 Å². The molecule has 2 aliphatic rings. The Morgan fingerprint density at radius 1 is 1.07 bits per heavy atom. The number of fused-ring (bicyclic) bond motifs is 1. The summed E-state index contributed by atoms with van der Waals surface area (Å²) in [6.45, 7) is 1.73. The summed E-state index contributed by atoms with van der Waals surface area (Å²) in [4.78, 5) is 20.6. The van der Waals surface area contributed by atoms with Gasteiger partial charge in [-0.15, -0.1) is 0 Å². The number of hydrogen-bond acceptors (Lipinski definition) is 8. The third-order valence-electron chi connectivity index (χ3n) is 5.42. The fourth-order valence-corrected chi connectivity index (χ4v) is 4.67. The number of amides is 1. The van der Waals surface area contributed by atoms with Crippen LogP contribution in [0.2, 0.25) is 0 Å². The van der Waals surface area contributed by atoms with Crippen molar-refractivity contribution in [1.29, 1.82) is 0 Å². The zero-order chi connectivity index (χ0) is 20.3. The second-order valence-corrected chi connectivity index (χ2v) is 8.35. The smallest absolute Gasteiger partial charge is 0.230 e. The monoisotopic (exact) mass is 415 g/mol. The van der Waals surface area contributed by atoms with Crippen molar-refractivity contribution in [3.8, 4) is 11.5 Å². The minimum absolute atomic E-state index is 0.0663. The fourth-order valence-electron chi connectivity index (χ4n) is 3.97. The topological polar surface area (TPSA) is 125 Å². The van der Waals surface area contributed by atoms with Gasteiger partial charge in [0, 0.05) is 18.0 Å². The molecule has 0 saturated heterocycles. The Kier molecular flexibility index (Phi) is 5.66. The first-order chi connectivity index (χ1) is 14.0. The van der Waals surface area contributed by atoms with Gasteiger partial charge in [-0.2, -0.15) is 0 Å². The predicted molar refractivity (Wildman–Crippen MR) is 112 cm³/mol. The van der Waals surface area contributed by atoms with Crippen LogP contribution >= 0.6 is 11.8 Å². The maximum absolute atomic E-state index is 12.5. The molecule has 5 N–H and O–H groups in total. The lowest BCUT2D eigenvalue weighted by Crippen LogP contribution is -2.39. The van der Waals surface area contributed by atoms with E-state index in [0.717, 1.165) is 37.2 Å². The van der Waals surface area contributed by atoms with Gasteiger partial charge in [-0.05, 0) is 30.5 Å². The van der Waals surface area contributed by atoms with Gasteiger partial charge in [0.1, 0.15) is 24.8 Å². The zero-order valence-electron chi connectivity index (χ0n) is 16.1. The maximum atomic E-state index is 12.5. The minimum Gasteiger partial charge on any atom is -0.486 e. The summed E-state index contributed by atoms with van der Waals surface area (Å²) in [5, 5.41) is 3.50. The van der Waals surface area contributed by atoms with Crippen molar-refractivity contribution >= 4 is 29.3 Å². The third-order valence-corrected chi connectivity index (χ3v) is 6.26. The van der Waals surface area contributed by atoms with Crippen LogP contribution in [0.25, 0.3) is 0 Å². The Hall–Kier alpha value is -2.68. The molecule has 1 aliphatic heterocycles. The Bertz CT molecular complexity index is 881. The molecule has 29 heavy (non-hydrogen) atoms. The van der Waals surface area contributed by atoms with Crippen LogP contribution in [0.1, 0.15) is 31.2 Å². The summed E-state index contributed by atoms with van der Waals surface area (Å²) in [6, 6.07) is 7.64. The number of thioether (sulfide) groups is 1. The van der Waals surface area contributed by atoms with E-state index >= 15 is 0 Å². The van der Waals surface area contributed by atoms with Gasteiger partial charge in [0.15, 0.2) is 16.7 Å². The van der Waals surface area contributed by atoms with Gasteiger partial charge in [-0.1, -0.05) is 30.7 Å². The van der Waals surface area contributed by atoms with Crippen molar-refractivity contribution in [2.45, 2.75) is 36.3 Å². The number of benzene rings is 1. The Labute approximate surface area is 173 Å². The summed E-state index contributed by atoms with van der Waals surface area (Å²) in [6.07, 6.45) is 4.37. The second-order valence-electron chi connectivity index (χ2n) is 7.41. The number of carbonyl (C=O) groups is 1. The molecule has 2 aromatic rings. The van der Waals surface area contributed by atoms with E-state index in [2.05, 4.69) is 27.4 Å². The molecule has 0 bridgehead atoms. The summed E-state index contributed by atoms with van der Waals surface area (Å²) in [5.41, 5.74) is 12.5. The van der Waals surface area contributed by atoms with E-state index in [0.29, 0.717) is 36.6 Å². The van der Waals surface area contributed by atoms with Crippen molar-refractivity contribution in [3.05, 3.63) is 29.8 Å². The number of hydrogen-bond donors (Lipinski definition) is 3. The molecule has 8 nitrogen and oxygen atoms in total. The normalized spacial score (nSPS) is 17.1. The van der Waals surface area contributed by atoms with Gasteiger partial charge in [0.2, 0.25) is 5.91 Å². The van der Waals surface area contributed by atoms with Gasteiger partial charge >= 0.3 is 0 Å². The Morgan fingerprint density at radius 3 is 2.48 bits per heavy atom. The Morgan fingerprint density at radius 2 is 1.76 bits per heavy atom. The molecule has 1 aliphatic carbocycles. The molecule has 2 heterocycles. The molecule has 1 saturated carbocycles. The molecule has 0 atom stereocenters. The number of aromatic nitrogens is 2.